The van der Waals surface area contributed by atoms with Crippen LogP contribution in [0.5, 0.6) is 0 Å². The second kappa shape index (κ2) is 8.05. The monoisotopic (exact) mass is 276 g/mol. The third kappa shape index (κ3) is 5.74. The van der Waals surface area contributed by atoms with Gasteiger partial charge in [-0.3, -0.25) is 4.79 Å². The average Bonchev–Trinajstić information content (AvgIpc) is 2.47. The van der Waals surface area contributed by atoms with Crippen molar-refractivity contribution in [3.8, 4) is 0 Å². The van der Waals surface area contributed by atoms with Gasteiger partial charge in [0.05, 0.1) is 0 Å². The van der Waals surface area contributed by atoms with E-state index in [1.165, 1.54) is 11.1 Å². The molecule has 3 heteroatoms. The molecule has 0 saturated heterocycles. The Morgan fingerprint density at radius 2 is 1.80 bits per heavy atom. The van der Waals surface area contributed by atoms with Crippen LogP contribution in [0.3, 0.4) is 0 Å². The molecule has 1 aromatic carbocycles. The number of nitrogens with one attached hydrogen (secondary N) is 1. The summed E-state index contributed by atoms with van der Waals surface area (Å²) >= 11 is 0. The average molecular weight is 276 g/mol. The Bertz CT molecular complexity index is 408. The Labute approximate surface area is 122 Å². The molecule has 1 amide bonds. The quantitative estimate of drug-likeness (QED) is 0.767. The van der Waals surface area contributed by atoms with E-state index in [1.807, 2.05) is 0 Å². The maximum absolute atomic E-state index is 11.8. The topological polar surface area (TPSA) is 55.1 Å². The molecule has 0 aliphatic rings. The fraction of sp³-hybridized carbons (Fsp3) is 0.588. The molecule has 1 aromatic rings. The molecule has 0 radical (unpaired) electrons. The van der Waals surface area contributed by atoms with E-state index in [2.05, 4.69) is 50.4 Å². The summed E-state index contributed by atoms with van der Waals surface area (Å²) in [7, 11) is 0. The van der Waals surface area contributed by atoms with Gasteiger partial charge in [-0.15, -0.1) is 0 Å². The van der Waals surface area contributed by atoms with E-state index in [0.29, 0.717) is 13.0 Å². The zero-order valence-electron chi connectivity index (χ0n) is 13.0. The molecular formula is C17H28N2O. The third-order valence-electron chi connectivity index (χ3n) is 4.04. The first kappa shape index (κ1) is 16.7. The molecule has 0 aromatic heterocycles. The van der Waals surface area contributed by atoms with Crippen LogP contribution < -0.4 is 11.1 Å². The normalized spacial score (nSPS) is 11.4. The fourth-order valence-corrected chi connectivity index (χ4v) is 2.07. The summed E-state index contributed by atoms with van der Waals surface area (Å²) in [5.74, 6) is 0.105. The standard InChI is InChI=1S/C17H28N2O/c1-4-17(18,5-2)13-19-16(20)8-6-7-15-11-9-14(3)10-12-15/h9-12H,4-8,13,18H2,1-3H3,(H,19,20). The number of aryl methyl sites for hydroxylation is 2. The van der Waals surface area contributed by atoms with Gasteiger partial charge >= 0.3 is 0 Å². The van der Waals surface area contributed by atoms with Crippen LogP contribution in [0.4, 0.5) is 0 Å². The summed E-state index contributed by atoms with van der Waals surface area (Å²) in [6.45, 7) is 6.78. The molecule has 112 valence electrons. The zero-order chi connectivity index (χ0) is 15.0. The molecule has 3 nitrogen and oxygen atoms in total. The molecule has 0 atom stereocenters. The predicted octanol–water partition coefficient (Wildman–Crippen LogP) is 2.95. The molecule has 0 unspecified atom stereocenters. The highest BCUT2D eigenvalue weighted by Gasteiger charge is 2.20. The third-order valence-corrected chi connectivity index (χ3v) is 4.04. The van der Waals surface area contributed by atoms with Crippen molar-refractivity contribution in [1.82, 2.24) is 5.32 Å². The summed E-state index contributed by atoms with van der Waals surface area (Å²) in [6.07, 6.45) is 4.16. The highest BCUT2D eigenvalue weighted by Crippen LogP contribution is 2.10. The number of nitrogens with two attached hydrogens (primary N) is 1. The van der Waals surface area contributed by atoms with Crippen LogP contribution in [-0.4, -0.2) is 18.0 Å². The lowest BCUT2D eigenvalue weighted by Crippen LogP contribution is -2.49. The number of rotatable bonds is 8. The smallest absolute Gasteiger partial charge is 0.220 e. The number of hydrogen-bond donors (Lipinski definition) is 2. The maximum atomic E-state index is 11.8. The van der Waals surface area contributed by atoms with Gasteiger partial charge in [-0.1, -0.05) is 43.7 Å². The molecule has 0 fully saturated rings. The number of carbonyl (C=O) groups is 1. The van der Waals surface area contributed by atoms with Gasteiger partial charge in [0, 0.05) is 18.5 Å². The second-order valence-electron chi connectivity index (χ2n) is 5.69. The minimum absolute atomic E-state index is 0.105. The van der Waals surface area contributed by atoms with Crippen LogP contribution in [0.1, 0.15) is 50.7 Å². The van der Waals surface area contributed by atoms with Crippen LogP contribution in [0.25, 0.3) is 0 Å². The van der Waals surface area contributed by atoms with Crippen molar-refractivity contribution in [3.05, 3.63) is 35.4 Å². The molecule has 20 heavy (non-hydrogen) atoms. The highest BCUT2D eigenvalue weighted by molar-refractivity contribution is 5.75. The summed E-state index contributed by atoms with van der Waals surface area (Å²) in [5, 5.41) is 2.96. The first-order chi connectivity index (χ1) is 9.49. The van der Waals surface area contributed by atoms with Crippen LogP contribution in [-0.2, 0) is 11.2 Å². The van der Waals surface area contributed by atoms with Crippen molar-refractivity contribution in [2.75, 3.05) is 6.54 Å². The lowest BCUT2D eigenvalue weighted by Gasteiger charge is -2.26. The van der Waals surface area contributed by atoms with E-state index in [1.54, 1.807) is 0 Å². The van der Waals surface area contributed by atoms with Gasteiger partial charge < -0.3 is 11.1 Å². The van der Waals surface area contributed by atoms with Gasteiger partial charge in [-0.05, 0) is 38.2 Å². The van der Waals surface area contributed by atoms with E-state index < -0.39 is 0 Å². The molecule has 0 saturated carbocycles. The summed E-state index contributed by atoms with van der Waals surface area (Å²) in [5.41, 5.74) is 8.47. The Balaban J connectivity index is 2.25. The minimum Gasteiger partial charge on any atom is -0.354 e. The molecule has 0 bridgehead atoms. The van der Waals surface area contributed by atoms with Gasteiger partial charge in [-0.2, -0.15) is 0 Å². The van der Waals surface area contributed by atoms with E-state index in [9.17, 15) is 4.79 Å². The van der Waals surface area contributed by atoms with Crippen LogP contribution in [0.2, 0.25) is 0 Å². The lowest BCUT2D eigenvalue weighted by molar-refractivity contribution is -0.121. The number of amides is 1. The largest absolute Gasteiger partial charge is 0.354 e. The van der Waals surface area contributed by atoms with Crippen molar-refractivity contribution in [3.63, 3.8) is 0 Å². The van der Waals surface area contributed by atoms with Gasteiger partial charge in [-0.25, -0.2) is 0 Å². The van der Waals surface area contributed by atoms with Crippen molar-refractivity contribution in [1.29, 1.82) is 0 Å². The van der Waals surface area contributed by atoms with Crippen LogP contribution >= 0.6 is 0 Å². The van der Waals surface area contributed by atoms with E-state index in [0.717, 1.165) is 25.7 Å². The Hall–Kier alpha value is -1.35. The molecule has 1 rings (SSSR count). The molecule has 0 heterocycles. The summed E-state index contributed by atoms with van der Waals surface area (Å²) in [6, 6.07) is 8.49. The minimum atomic E-state index is -0.257. The molecule has 3 N–H and O–H groups in total. The molecule has 0 aliphatic carbocycles. The van der Waals surface area contributed by atoms with Gasteiger partial charge in [0.1, 0.15) is 0 Å². The van der Waals surface area contributed by atoms with Crippen molar-refractivity contribution >= 4 is 5.91 Å². The SMILES string of the molecule is CCC(N)(CC)CNC(=O)CCCc1ccc(C)cc1. The number of carbonyl (C=O) groups excluding carboxylic acids is 1. The first-order valence-corrected chi connectivity index (χ1v) is 7.60. The zero-order valence-corrected chi connectivity index (χ0v) is 13.0. The number of hydrogen-bond acceptors (Lipinski definition) is 2. The molecular weight excluding hydrogens is 248 g/mol. The van der Waals surface area contributed by atoms with E-state index in [-0.39, 0.29) is 11.4 Å². The summed E-state index contributed by atoms with van der Waals surface area (Å²) in [4.78, 5) is 11.8. The van der Waals surface area contributed by atoms with Crippen molar-refractivity contribution in [2.24, 2.45) is 5.73 Å². The Kier molecular flexibility index (Phi) is 6.73. The van der Waals surface area contributed by atoms with Crippen molar-refractivity contribution < 1.29 is 4.79 Å². The highest BCUT2D eigenvalue weighted by atomic mass is 16.1. The fourth-order valence-electron chi connectivity index (χ4n) is 2.07. The van der Waals surface area contributed by atoms with Gasteiger partial charge in [0.15, 0.2) is 0 Å². The van der Waals surface area contributed by atoms with Gasteiger partial charge in [0.2, 0.25) is 5.91 Å². The molecule has 0 aliphatic heterocycles. The molecule has 0 spiro atoms. The summed E-state index contributed by atoms with van der Waals surface area (Å²) < 4.78 is 0. The van der Waals surface area contributed by atoms with E-state index in [4.69, 9.17) is 5.73 Å². The predicted molar refractivity (Wildman–Crippen MR) is 84.6 cm³/mol. The second-order valence-corrected chi connectivity index (χ2v) is 5.69. The first-order valence-electron chi connectivity index (χ1n) is 7.60. The van der Waals surface area contributed by atoms with Crippen LogP contribution in [0.15, 0.2) is 24.3 Å². The van der Waals surface area contributed by atoms with Gasteiger partial charge in [0.25, 0.3) is 0 Å². The maximum Gasteiger partial charge on any atom is 0.220 e. The Morgan fingerprint density at radius 1 is 1.20 bits per heavy atom. The van der Waals surface area contributed by atoms with Crippen LogP contribution in [0, 0.1) is 6.92 Å². The van der Waals surface area contributed by atoms with E-state index >= 15 is 0 Å². The van der Waals surface area contributed by atoms with Crippen molar-refractivity contribution in [2.45, 2.75) is 58.4 Å². The lowest BCUT2D eigenvalue weighted by atomic mass is 9.94. The number of benzene rings is 1. The Morgan fingerprint density at radius 3 is 2.35 bits per heavy atom.